The summed E-state index contributed by atoms with van der Waals surface area (Å²) in [6.45, 7) is 4.19. The summed E-state index contributed by atoms with van der Waals surface area (Å²) in [4.78, 5) is 0. The summed E-state index contributed by atoms with van der Waals surface area (Å²) < 4.78 is 14.2. The minimum Gasteiger partial charge on any atom is -0.409 e. The Morgan fingerprint density at radius 2 is 2.05 bits per heavy atom. The van der Waals surface area contributed by atoms with E-state index in [4.69, 9.17) is 10.9 Å². The van der Waals surface area contributed by atoms with Gasteiger partial charge in [-0.15, -0.1) is 0 Å². The van der Waals surface area contributed by atoms with Crippen LogP contribution in [0.3, 0.4) is 0 Å². The van der Waals surface area contributed by atoms with Crippen LogP contribution < -0.4 is 11.1 Å². The van der Waals surface area contributed by atoms with Gasteiger partial charge in [0.25, 0.3) is 0 Å². The van der Waals surface area contributed by atoms with Crippen molar-refractivity contribution >= 4 is 5.84 Å². The Kier molecular flexibility index (Phi) is 5.91. The fourth-order valence-electron chi connectivity index (χ4n) is 2.03. The summed E-state index contributed by atoms with van der Waals surface area (Å²) in [6, 6.07) is 4.72. The van der Waals surface area contributed by atoms with Crippen LogP contribution in [0, 0.1) is 5.82 Å². The van der Waals surface area contributed by atoms with Gasteiger partial charge in [0.1, 0.15) is 5.82 Å². The Labute approximate surface area is 118 Å². The van der Waals surface area contributed by atoms with Crippen LogP contribution in [0.1, 0.15) is 37.8 Å². The number of aliphatic hydroxyl groups excluding tert-OH is 1. The molecule has 0 spiro atoms. The van der Waals surface area contributed by atoms with Crippen molar-refractivity contribution in [1.29, 1.82) is 0 Å². The van der Waals surface area contributed by atoms with Crippen molar-refractivity contribution in [2.75, 3.05) is 6.61 Å². The molecule has 112 valence electrons. The standard InChI is InChI=1S/C14H22FN3O2/c1-3-14(4-2,9-19)17-8-10-6-5-7-11(12(10)15)13(16)18-20/h5-7,17,19-20H,3-4,8-9H2,1-2H3,(H2,16,18). The zero-order valence-corrected chi connectivity index (χ0v) is 11.9. The van der Waals surface area contributed by atoms with Crippen molar-refractivity contribution in [2.24, 2.45) is 10.9 Å². The summed E-state index contributed by atoms with van der Waals surface area (Å²) in [6.07, 6.45) is 1.48. The summed E-state index contributed by atoms with van der Waals surface area (Å²) in [5.74, 6) is -0.780. The lowest BCUT2D eigenvalue weighted by molar-refractivity contribution is 0.149. The highest BCUT2D eigenvalue weighted by atomic mass is 19.1. The molecule has 0 radical (unpaired) electrons. The molecule has 5 nitrogen and oxygen atoms in total. The van der Waals surface area contributed by atoms with E-state index in [1.54, 1.807) is 12.1 Å². The highest BCUT2D eigenvalue weighted by Crippen LogP contribution is 2.18. The van der Waals surface area contributed by atoms with Crippen molar-refractivity contribution < 1.29 is 14.7 Å². The Morgan fingerprint density at radius 1 is 1.40 bits per heavy atom. The third-order valence-electron chi connectivity index (χ3n) is 3.77. The average molecular weight is 283 g/mol. The second kappa shape index (κ2) is 7.21. The summed E-state index contributed by atoms with van der Waals surface area (Å²) >= 11 is 0. The number of hydrogen-bond acceptors (Lipinski definition) is 4. The van der Waals surface area contributed by atoms with Gasteiger partial charge in [-0.2, -0.15) is 0 Å². The number of nitrogens with zero attached hydrogens (tertiary/aromatic N) is 1. The van der Waals surface area contributed by atoms with Crippen LogP contribution in [0.2, 0.25) is 0 Å². The zero-order chi connectivity index (χ0) is 15.2. The lowest BCUT2D eigenvalue weighted by atomic mass is 9.93. The van der Waals surface area contributed by atoms with E-state index in [0.717, 1.165) is 12.8 Å². The average Bonchev–Trinajstić information content (AvgIpc) is 2.49. The van der Waals surface area contributed by atoms with Crippen molar-refractivity contribution in [1.82, 2.24) is 5.32 Å². The lowest BCUT2D eigenvalue weighted by Gasteiger charge is -2.31. The largest absolute Gasteiger partial charge is 0.409 e. The maximum Gasteiger partial charge on any atom is 0.173 e. The van der Waals surface area contributed by atoms with Gasteiger partial charge in [-0.25, -0.2) is 4.39 Å². The molecule has 1 rings (SSSR count). The molecule has 0 amide bonds. The van der Waals surface area contributed by atoms with Gasteiger partial charge < -0.3 is 21.4 Å². The molecule has 0 aliphatic rings. The topological polar surface area (TPSA) is 90.9 Å². The van der Waals surface area contributed by atoms with Crippen LogP contribution in [0.4, 0.5) is 4.39 Å². The third kappa shape index (κ3) is 3.46. The monoisotopic (exact) mass is 283 g/mol. The number of oxime groups is 1. The first kappa shape index (κ1) is 16.4. The normalized spacial score (nSPS) is 12.7. The van der Waals surface area contributed by atoms with Crippen LogP contribution in [0.15, 0.2) is 23.4 Å². The van der Waals surface area contributed by atoms with E-state index in [1.165, 1.54) is 6.07 Å². The number of rotatable bonds is 7. The van der Waals surface area contributed by atoms with Crippen LogP contribution in [-0.2, 0) is 6.54 Å². The summed E-state index contributed by atoms with van der Waals surface area (Å²) in [7, 11) is 0. The van der Waals surface area contributed by atoms with E-state index in [2.05, 4.69) is 10.5 Å². The first-order valence-corrected chi connectivity index (χ1v) is 6.64. The smallest absolute Gasteiger partial charge is 0.173 e. The number of nitrogens with one attached hydrogen (secondary N) is 1. The predicted octanol–water partition coefficient (Wildman–Crippen LogP) is 1.56. The number of hydrogen-bond donors (Lipinski definition) is 4. The Morgan fingerprint density at radius 3 is 2.55 bits per heavy atom. The summed E-state index contributed by atoms with van der Waals surface area (Å²) in [5.41, 5.74) is 5.48. The van der Waals surface area contributed by atoms with Gasteiger partial charge >= 0.3 is 0 Å². The van der Waals surface area contributed by atoms with E-state index in [1.807, 2.05) is 13.8 Å². The Hall–Kier alpha value is -1.66. The molecule has 0 aliphatic carbocycles. The minimum absolute atomic E-state index is 0.0124. The van der Waals surface area contributed by atoms with Crippen LogP contribution in [-0.4, -0.2) is 28.3 Å². The fourth-order valence-corrected chi connectivity index (χ4v) is 2.03. The van der Waals surface area contributed by atoms with Gasteiger partial charge in [0, 0.05) is 17.6 Å². The molecule has 6 heteroatoms. The molecule has 0 aromatic heterocycles. The van der Waals surface area contributed by atoms with Crippen LogP contribution in [0.25, 0.3) is 0 Å². The molecule has 0 atom stereocenters. The zero-order valence-electron chi connectivity index (χ0n) is 11.9. The fraction of sp³-hybridized carbons (Fsp3) is 0.500. The van der Waals surface area contributed by atoms with E-state index >= 15 is 0 Å². The second-order valence-electron chi connectivity index (χ2n) is 4.76. The number of nitrogens with two attached hydrogens (primary N) is 1. The highest BCUT2D eigenvalue weighted by molar-refractivity contribution is 5.97. The van der Waals surface area contributed by atoms with Gasteiger partial charge in [-0.3, -0.25) is 0 Å². The van der Waals surface area contributed by atoms with Crippen molar-refractivity contribution in [3.05, 3.63) is 35.1 Å². The Bertz CT molecular complexity index is 465. The number of benzene rings is 1. The molecule has 0 saturated heterocycles. The maximum atomic E-state index is 14.2. The molecule has 0 fully saturated rings. The summed E-state index contributed by atoms with van der Waals surface area (Å²) in [5, 5.41) is 24.1. The minimum atomic E-state index is -0.519. The Balaban J connectivity index is 2.94. The molecular formula is C14H22FN3O2. The van der Waals surface area contributed by atoms with E-state index in [-0.39, 0.29) is 24.6 Å². The lowest BCUT2D eigenvalue weighted by Crippen LogP contribution is -2.47. The quantitative estimate of drug-likeness (QED) is 0.264. The van der Waals surface area contributed by atoms with Gasteiger partial charge in [0.05, 0.1) is 12.2 Å². The molecule has 1 aromatic rings. The van der Waals surface area contributed by atoms with Crippen molar-refractivity contribution in [3.63, 3.8) is 0 Å². The molecule has 0 bridgehead atoms. The van der Waals surface area contributed by atoms with Gasteiger partial charge in [0.15, 0.2) is 5.84 Å². The van der Waals surface area contributed by atoms with E-state index < -0.39 is 11.4 Å². The molecule has 0 unspecified atom stereocenters. The predicted molar refractivity (Wildman–Crippen MR) is 76.1 cm³/mol. The molecule has 0 saturated carbocycles. The SMILES string of the molecule is CCC(CC)(CO)NCc1cccc(/C(N)=N/O)c1F. The van der Waals surface area contributed by atoms with Crippen LogP contribution >= 0.6 is 0 Å². The van der Waals surface area contributed by atoms with Crippen LogP contribution in [0.5, 0.6) is 0 Å². The first-order valence-electron chi connectivity index (χ1n) is 6.64. The first-order chi connectivity index (χ1) is 9.53. The highest BCUT2D eigenvalue weighted by Gasteiger charge is 2.24. The number of amidine groups is 1. The number of aliphatic hydroxyl groups is 1. The molecule has 0 heterocycles. The molecule has 20 heavy (non-hydrogen) atoms. The number of halogens is 1. The maximum absolute atomic E-state index is 14.2. The molecule has 1 aromatic carbocycles. The van der Waals surface area contributed by atoms with Crippen molar-refractivity contribution in [2.45, 2.75) is 38.8 Å². The van der Waals surface area contributed by atoms with Gasteiger partial charge in [-0.05, 0) is 18.9 Å². The van der Waals surface area contributed by atoms with Crippen molar-refractivity contribution in [3.8, 4) is 0 Å². The van der Waals surface area contributed by atoms with Gasteiger partial charge in [-0.1, -0.05) is 31.1 Å². The van der Waals surface area contributed by atoms with E-state index in [0.29, 0.717) is 5.56 Å². The second-order valence-corrected chi connectivity index (χ2v) is 4.76. The molecule has 5 N–H and O–H groups in total. The molecule has 0 aliphatic heterocycles. The van der Waals surface area contributed by atoms with E-state index in [9.17, 15) is 9.50 Å². The third-order valence-corrected chi connectivity index (χ3v) is 3.77. The van der Waals surface area contributed by atoms with Gasteiger partial charge in [0.2, 0.25) is 0 Å². The molecular weight excluding hydrogens is 261 g/mol.